The summed E-state index contributed by atoms with van der Waals surface area (Å²) in [6.07, 6.45) is -3.36. The number of rotatable bonds is 4. The molecule has 1 saturated heterocycles. The largest absolute Gasteiger partial charge is 0.416 e. The number of fused-ring (bicyclic) bond motifs is 1. The molecule has 0 N–H and O–H groups in total. The van der Waals surface area contributed by atoms with E-state index in [-0.39, 0.29) is 11.9 Å². The van der Waals surface area contributed by atoms with E-state index in [0.717, 1.165) is 56.8 Å². The summed E-state index contributed by atoms with van der Waals surface area (Å²) in [7, 11) is 0. The molecule has 162 valence electrons. The van der Waals surface area contributed by atoms with Crippen molar-refractivity contribution in [3.05, 3.63) is 57.3 Å². The minimum Gasteiger partial charge on any atom is -0.337 e. The Kier molecular flexibility index (Phi) is 6.18. The summed E-state index contributed by atoms with van der Waals surface area (Å²) in [5.41, 5.74) is 1.53. The Morgan fingerprint density at radius 2 is 1.77 bits per heavy atom. The molecule has 0 aliphatic carbocycles. The van der Waals surface area contributed by atoms with Crippen molar-refractivity contribution in [2.24, 2.45) is 0 Å². The fraction of sp³-hybridized carbons (Fsp3) is 0.500. The van der Waals surface area contributed by atoms with E-state index in [1.165, 1.54) is 10.4 Å². The third-order valence-electron chi connectivity index (χ3n) is 6.12. The molecule has 3 heterocycles. The molecular weight excluding hydrogens is 411 g/mol. The van der Waals surface area contributed by atoms with Crippen molar-refractivity contribution in [3.8, 4) is 0 Å². The molecule has 4 nitrogen and oxygen atoms in total. The molecule has 2 aliphatic heterocycles. The first kappa shape index (κ1) is 21.3. The fourth-order valence-corrected chi connectivity index (χ4v) is 5.11. The lowest BCUT2D eigenvalue weighted by Gasteiger charge is -2.39. The normalized spacial score (nSPS) is 19.5. The molecular formula is C22H26F3N3OS. The molecule has 2 aliphatic rings. The molecule has 0 bridgehead atoms. The first-order chi connectivity index (χ1) is 14.3. The van der Waals surface area contributed by atoms with E-state index < -0.39 is 11.7 Å². The van der Waals surface area contributed by atoms with Crippen LogP contribution < -0.4 is 0 Å². The molecule has 1 aromatic carbocycles. The topological polar surface area (TPSA) is 26.8 Å². The summed E-state index contributed by atoms with van der Waals surface area (Å²) in [5.74, 6) is 0.183. The highest BCUT2D eigenvalue weighted by atomic mass is 32.1. The number of halogens is 3. The van der Waals surface area contributed by atoms with Gasteiger partial charge in [0, 0.05) is 50.7 Å². The van der Waals surface area contributed by atoms with Gasteiger partial charge < -0.3 is 4.90 Å². The zero-order chi connectivity index (χ0) is 21.3. The fourth-order valence-electron chi connectivity index (χ4n) is 4.22. The summed E-state index contributed by atoms with van der Waals surface area (Å²) in [5, 5.41) is 2.10. The van der Waals surface area contributed by atoms with Crippen molar-refractivity contribution in [1.82, 2.24) is 14.7 Å². The maximum Gasteiger partial charge on any atom is 0.416 e. The number of nitrogens with zero attached hydrogens (tertiary/aromatic N) is 3. The van der Waals surface area contributed by atoms with Crippen LogP contribution in [0.15, 0.2) is 35.7 Å². The zero-order valence-electron chi connectivity index (χ0n) is 17.0. The van der Waals surface area contributed by atoms with Crippen molar-refractivity contribution < 1.29 is 18.0 Å². The lowest BCUT2D eigenvalue weighted by atomic mass is 10.1. The Balaban J connectivity index is 1.27. The van der Waals surface area contributed by atoms with Crippen LogP contribution in [0.5, 0.6) is 0 Å². The van der Waals surface area contributed by atoms with Crippen LogP contribution in [-0.2, 0) is 30.5 Å². The molecule has 1 amide bonds. The number of piperazine rings is 1. The molecule has 30 heavy (non-hydrogen) atoms. The predicted octanol–water partition coefficient (Wildman–Crippen LogP) is 3.86. The number of hydrogen-bond donors (Lipinski definition) is 0. The number of alkyl halides is 3. The number of carbonyl (C=O) groups is 1. The van der Waals surface area contributed by atoms with E-state index in [9.17, 15) is 18.0 Å². The van der Waals surface area contributed by atoms with Gasteiger partial charge in [-0.2, -0.15) is 13.2 Å². The highest BCUT2D eigenvalue weighted by molar-refractivity contribution is 7.10. The van der Waals surface area contributed by atoms with Crippen molar-refractivity contribution in [2.45, 2.75) is 38.7 Å². The van der Waals surface area contributed by atoms with E-state index in [4.69, 9.17) is 0 Å². The number of carbonyl (C=O) groups excluding carboxylic acids is 1. The van der Waals surface area contributed by atoms with E-state index in [0.29, 0.717) is 13.1 Å². The van der Waals surface area contributed by atoms with Gasteiger partial charge in [0.2, 0.25) is 5.91 Å². The van der Waals surface area contributed by atoms with Gasteiger partial charge in [0.15, 0.2) is 0 Å². The number of hydrogen-bond acceptors (Lipinski definition) is 4. The molecule has 4 rings (SSSR count). The predicted molar refractivity (Wildman–Crippen MR) is 111 cm³/mol. The van der Waals surface area contributed by atoms with Crippen LogP contribution >= 0.6 is 11.3 Å². The lowest BCUT2D eigenvalue weighted by Crippen LogP contribution is -2.54. The quantitative estimate of drug-likeness (QED) is 0.727. The van der Waals surface area contributed by atoms with Crippen LogP contribution in [0.1, 0.15) is 28.5 Å². The Labute approximate surface area is 178 Å². The second-order valence-electron chi connectivity index (χ2n) is 8.06. The summed E-state index contributed by atoms with van der Waals surface area (Å²) in [4.78, 5) is 20.8. The molecule has 1 aromatic heterocycles. The van der Waals surface area contributed by atoms with E-state index >= 15 is 0 Å². The Morgan fingerprint density at radius 1 is 1.07 bits per heavy atom. The van der Waals surface area contributed by atoms with Crippen LogP contribution in [-0.4, -0.2) is 59.4 Å². The van der Waals surface area contributed by atoms with Gasteiger partial charge in [-0.1, -0.05) is 12.1 Å². The van der Waals surface area contributed by atoms with Gasteiger partial charge >= 0.3 is 6.18 Å². The maximum absolute atomic E-state index is 13.0. The van der Waals surface area contributed by atoms with Crippen molar-refractivity contribution >= 4 is 17.2 Å². The average Bonchev–Trinajstić information content (AvgIpc) is 3.21. The van der Waals surface area contributed by atoms with Gasteiger partial charge in [-0.3, -0.25) is 14.6 Å². The van der Waals surface area contributed by atoms with Gasteiger partial charge in [0.1, 0.15) is 0 Å². The second kappa shape index (κ2) is 8.69. The molecule has 0 spiro atoms. The number of amides is 1. The minimum absolute atomic E-state index is 0.154. The first-order valence-electron chi connectivity index (χ1n) is 10.3. The summed E-state index contributed by atoms with van der Waals surface area (Å²) in [6.45, 7) is 7.26. The Bertz CT molecular complexity index is 872. The van der Waals surface area contributed by atoms with Crippen LogP contribution in [0.3, 0.4) is 0 Å². The van der Waals surface area contributed by atoms with Gasteiger partial charge in [0.25, 0.3) is 0 Å². The van der Waals surface area contributed by atoms with E-state index in [1.54, 1.807) is 23.5 Å². The van der Waals surface area contributed by atoms with E-state index in [2.05, 4.69) is 21.2 Å². The van der Waals surface area contributed by atoms with Crippen LogP contribution in [0, 0.1) is 0 Å². The van der Waals surface area contributed by atoms with E-state index in [1.807, 2.05) is 11.8 Å². The average molecular weight is 438 g/mol. The monoisotopic (exact) mass is 437 g/mol. The van der Waals surface area contributed by atoms with Gasteiger partial charge in [-0.25, -0.2) is 0 Å². The van der Waals surface area contributed by atoms with Gasteiger partial charge in [-0.05, 0) is 48.1 Å². The maximum atomic E-state index is 13.0. The molecule has 1 unspecified atom stereocenters. The number of benzene rings is 1. The molecule has 0 saturated carbocycles. The molecule has 1 atom stereocenters. The molecule has 2 aromatic rings. The zero-order valence-corrected chi connectivity index (χ0v) is 17.8. The third-order valence-corrected chi connectivity index (χ3v) is 7.14. The van der Waals surface area contributed by atoms with Crippen molar-refractivity contribution in [3.63, 3.8) is 0 Å². The van der Waals surface area contributed by atoms with Gasteiger partial charge in [0.05, 0.1) is 11.6 Å². The van der Waals surface area contributed by atoms with Gasteiger partial charge in [-0.15, -0.1) is 11.3 Å². The van der Waals surface area contributed by atoms with Crippen LogP contribution in [0.2, 0.25) is 0 Å². The van der Waals surface area contributed by atoms with Crippen molar-refractivity contribution in [2.75, 3.05) is 32.7 Å². The highest BCUT2D eigenvalue weighted by Crippen LogP contribution is 2.29. The Morgan fingerprint density at radius 3 is 2.43 bits per heavy atom. The SMILES string of the molecule is CC(C(=O)N1CCc2sccc2C1)N1CCN(Cc2ccc(C(F)(F)F)cc2)CC1. The minimum atomic E-state index is -4.30. The van der Waals surface area contributed by atoms with Crippen LogP contribution in [0.4, 0.5) is 13.2 Å². The second-order valence-corrected chi connectivity index (χ2v) is 9.06. The molecule has 8 heteroatoms. The summed E-state index contributed by atoms with van der Waals surface area (Å²) >= 11 is 1.77. The van der Waals surface area contributed by atoms with Crippen molar-refractivity contribution in [1.29, 1.82) is 0 Å². The summed E-state index contributed by atoms with van der Waals surface area (Å²) in [6, 6.07) is 7.35. The standard InChI is InChI=1S/C22H26F3N3OS/c1-16(21(29)28-8-6-20-18(15-28)7-13-30-20)27-11-9-26(10-12-27)14-17-2-4-19(5-3-17)22(23,24)25/h2-5,7,13,16H,6,8-12,14-15H2,1H3. The molecule has 1 fully saturated rings. The molecule has 0 radical (unpaired) electrons. The highest BCUT2D eigenvalue weighted by Gasteiger charge is 2.31. The summed E-state index contributed by atoms with van der Waals surface area (Å²) < 4.78 is 38.1. The van der Waals surface area contributed by atoms with Crippen LogP contribution in [0.25, 0.3) is 0 Å². The number of thiophene rings is 1. The first-order valence-corrected chi connectivity index (χ1v) is 11.2. The third kappa shape index (κ3) is 4.71. The smallest absolute Gasteiger partial charge is 0.337 e. The lowest BCUT2D eigenvalue weighted by molar-refractivity contribution is -0.138. The Hall–Kier alpha value is -1.90.